The van der Waals surface area contributed by atoms with E-state index in [1.54, 1.807) is 11.8 Å². The lowest BCUT2D eigenvalue weighted by atomic mass is 9.95. The molecule has 1 fully saturated rings. The molecule has 0 bridgehead atoms. The summed E-state index contributed by atoms with van der Waals surface area (Å²) in [6.45, 7) is 8.57. The van der Waals surface area contributed by atoms with Gasteiger partial charge in [0.05, 0.1) is 12.3 Å². The van der Waals surface area contributed by atoms with Crippen LogP contribution in [0.15, 0.2) is 23.1 Å². The summed E-state index contributed by atoms with van der Waals surface area (Å²) in [5, 5.41) is 12.1. The van der Waals surface area contributed by atoms with Gasteiger partial charge in [0.2, 0.25) is 5.91 Å². The molecule has 1 aromatic carbocycles. The van der Waals surface area contributed by atoms with Gasteiger partial charge in [-0.2, -0.15) is 0 Å². The summed E-state index contributed by atoms with van der Waals surface area (Å²) in [4.78, 5) is 15.9. The Balaban J connectivity index is 1.31. The number of fused-ring (bicyclic) bond motifs is 1. The van der Waals surface area contributed by atoms with Gasteiger partial charge in [-0.05, 0) is 38.3 Å². The maximum absolute atomic E-state index is 12.6. The lowest BCUT2D eigenvalue weighted by molar-refractivity contribution is -0.129. The van der Waals surface area contributed by atoms with Gasteiger partial charge in [0.1, 0.15) is 11.6 Å². The molecule has 7 heteroatoms. The Labute approximate surface area is 164 Å². The molecule has 2 aliphatic heterocycles. The number of nitrogens with one attached hydrogen (secondary N) is 1. The summed E-state index contributed by atoms with van der Waals surface area (Å²) < 4.78 is 2.27. The number of amides is 1. The fourth-order valence-corrected chi connectivity index (χ4v) is 4.91. The summed E-state index contributed by atoms with van der Waals surface area (Å²) in [5.74, 6) is 3.33. The molecule has 1 N–H and O–H groups in total. The van der Waals surface area contributed by atoms with Crippen LogP contribution < -0.4 is 5.32 Å². The van der Waals surface area contributed by atoms with Crippen LogP contribution in [0.3, 0.4) is 0 Å². The minimum atomic E-state index is 0.242. The molecule has 6 nitrogen and oxygen atoms in total. The van der Waals surface area contributed by atoms with Crippen molar-refractivity contribution in [3.8, 4) is 0 Å². The van der Waals surface area contributed by atoms with E-state index in [0.717, 1.165) is 57.2 Å². The van der Waals surface area contributed by atoms with Gasteiger partial charge in [-0.1, -0.05) is 17.7 Å². The minimum Gasteiger partial charge on any atom is -0.342 e. The van der Waals surface area contributed by atoms with Gasteiger partial charge in [-0.25, -0.2) is 0 Å². The summed E-state index contributed by atoms with van der Waals surface area (Å²) in [7, 11) is 0. The topological polar surface area (TPSA) is 63.1 Å². The van der Waals surface area contributed by atoms with E-state index in [1.165, 1.54) is 16.0 Å². The zero-order chi connectivity index (χ0) is 18.8. The Bertz CT molecular complexity index is 826. The Morgan fingerprint density at radius 2 is 2.04 bits per heavy atom. The summed E-state index contributed by atoms with van der Waals surface area (Å²) in [5.41, 5.74) is 2.51. The largest absolute Gasteiger partial charge is 0.342 e. The second-order valence-corrected chi connectivity index (χ2v) is 8.53. The average Bonchev–Trinajstić information content (AvgIpc) is 3.11. The van der Waals surface area contributed by atoms with E-state index in [9.17, 15) is 4.79 Å². The molecule has 144 valence electrons. The maximum Gasteiger partial charge on any atom is 0.232 e. The van der Waals surface area contributed by atoms with Gasteiger partial charge in [-0.3, -0.25) is 4.79 Å². The van der Waals surface area contributed by atoms with Gasteiger partial charge >= 0.3 is 0 Å². The van der Waals surface area contributed by atoms with Gasteiger partial charge in [-0.15, -0.1) is 22.0 Å². The van der Waals surface area contributed by atoms with E-state index in [4.69, 9.17) is 0 Å². The molecule has 0 radical (unpaired) electrons. The predicted molar refractivity (Wildman–Crippen MR) is 107 cm³/mol. The van der Waals surface area contributed by atoms with Crippen LogP contribution in [0.4, 0.5) is 0 Å². The highest BCUT2D eigenvalue weighted by molar-refractivity contribution is 8.00. The summed E-state index contributed by atoms with van der Waals surface area (Å²) in [6.07, 6.45) is 1.96. The molecule has 0 spiro atoms. The SMILES string of the molecule is Cc1ccc(SCC(=O)N2CCC(c3nnc4n3CCNC4)CC2)c(C)c1. The molecule has 0 saturated carbocycles. The quantitative estimate of drug-likeness (QED) is 0.820. The number of hydrogen-bond acceptors (Lipinski definition) is 5. The molecule has 0 unspecified atom stereocenters. The minimum absolute atomic E-state index is 0.242. The Kier molecular flexibility index (Phi) is 5.50. The Morgan fingerprint density at radius 3 is 2.81 bits per heavy atom. The first-order valence-corrected chi connectivity index (χ1v) is 10.7. The first-order valence-electron chi connectivity index (χ1n) is 9.72. The lowest BCUT2D eigenvalue weighted by Gasteiger charge is -2.32. The first kappa shape index (κ1) is 18.5. The van der Waals surface area contributed by atoms with Crippen molar-refractivity contribution >= 4 is 17.7 Å². The molecule has 1 saturated heterocycles. The van der Waals surface area contributed by atoms with Crippen LogP contribution in [0.2, 0.25) is 0 Å². The molecule has 1 aromatic heterocycles. The van der Waals surface area contributed by atoms with Crippen molar-refractivity contribution in [1.82, 2.24) is 25.0 Å². The molecule has 0 aliphatic carbocycles. The number of aryl methyl sites for hydroxylation is 2. The predicted octanol–water partition coefficient (Wildman–Crippen LogP) is 2.50. The van der Waals surface area contributed by atoms with Crippen molar-refractivity contribution in [1.29, 1.82) is 0 Å². The molecule has 27 heavy (non-hydrogen) atoms. The van der Waals surface area contributed by atoms with Crippen LogP contribution in [0.1, 0.15) is 41.5 Å². The number of nitrogens with zero attached hydrogens (tertiary/aromatic N) is 4. The van der Waals surface area contributed by atoms with Crippen molar-refractivity contribution < 1.29 is 4.79 Å². The first-order chi connectivity index (χ1) is 13.1. The van der Waals surface area contributed by atoms with E-state index < -0.39 is 0 Å². The zero-order valence-electron chi connectivity index (χ0n) is 16.1. The number of piperidine rings is 1. The second-order valence-electron chi connectivity index (χ2n) is 7.52. The average molecular weight is 386 g/mol. The lowest BCUT2D eigenvalue weighted by Crippen LogP contribution is -2.39. The monoisotopic (exact) mass is 385 g/mol. The van der Waals surface area contributed by atoms with Crippen LogP contribution >= 0.6 is 11.8 Å². The molecule has 1 amide bonds. The van der Waals surface area contributed by atoms with Crippen LogP contribution in [-0.4, -0.2) is 51.0 Å². The van der Waals surface area contributed by atoms with Gasteiger partial charge in [0.15, 0.2) is 0 Å². The number of likely N-dealkylation sites (tertiary alicyclic amines) is 1. The Hall–Kier alpha value is -1.86. The van der Waals surface area contributed by atoms with Crippen LogP contribution in [0, 0.1) is 13.8 Å². The maximum atomic E-state index is 12.6. The molecule has 2 aromatic rings. The highest BCUT2D eigenvalue weighted by Crippen LogP contribution is 2.29. The van der Waals surface area contributed by atoms with E-state index in [-0.39, 0.29) is 5.91 Å². The third kappa shape index (κ3) is 4.04. The molecule has 3 heterocycles. The molecular weight excluding hydrogens is 358 g/mol. The number of aromatic nitrogens is 3. The summed E-state index contributed by atoms with van der Waals surface area (Å²) >= 11 is 1.65. The number of benzene rings is 1. The fourth-order valence-electron chi connectivity index (χ4n) is 4.00. The third-order valence-electron chi connectivity index (χ3n) is 5.55. The van der Waals surface area contributed by atoms with Crippen LogP contribution in [-0.2, 0) is 17.9 Å². The standard InChI is InChI=1S/C20H27N5OS/c1-14-3-4-17(15(2)11-14)27-13-19(26)24-8-5-16(6-9-24)20-23-22-18-12-21-7-10-25(18)20/h3-4,11,16,21H,5-10,12-13H2,1-2H3. The number of rotatable bonds is 4. The zero-order valence-corrected chi connectivity index (χ0v) is 16.9. The number of thioether (sulfide) groups is 1. The summed E-state index contributed by atoms with van der Waals surface area (Å²) in [6, 6.07) is 6.41. The number of hydrogen-bond donors (Lipinski definition) is 1. The van der Waals surface area contributed by atoms with E-state index in [0.29, 0.717) is 11.7 Å². The highest BCUT2D eigenvalue weighted by atomic mass is 32.2. The fraction of sp³-hybridized carbons (Fsp3) is 0.550. The van der Waals surface area contributed by atoms with Crippen molar-refractivity contribution in [2.45, 2.75) is 50.6 Å². The van der Waals surface area contributed by atoms with Crippen LogP contribution in [0.5, 0.6) is 0 Å². The molecule has 0 atom stereocenters. The number of carbonyl (C=O) groups is 1. The normalized spacial score (nSPS) is 17.8. The molecule has 2 aliphatic rings. The van der Waals surface area contributed by atoms with Crippen molar-refractivity contribution in [2.75, 3.05) is 25.4 Å². The second kappa shape index (κ2) is 8.02. The van der Waals surface area contributed by atoms with Gasteiger partial charge in [0.25, 0.3) is 0 Å². The number of carbonyl (C=O) groups excluding carboxylic acids is 1. The van der Waals surface area contributed by atoms with Crippen molar-refractivity contribution in [3.05, 3.63) is 41.0 Å². The third-order valence-corrected chi connectivity index (χ3v) is 6.71. The van der Waals surface area contributed by atoms with Gasteiger partial charge in [0, 0.05) is 37.0 Å². The van der Waals surface area contributed by atoms with Crippen LogP contribution in [0.25, 0.3) is 0 Å². The molecular formula is C20H27N5OS. The van der Waals surface area contributed by atoms with Crippen molar-refractivity contribution in [2.24, 2.45) is 0 Å². The van der Waals surface area contributed by atoms with E-state index in [1.807, 2.05) is 4.90 Å². The van der Waals surface area contributed by atoms with Crippen molar-refractivity contribution in [3.63, 3.8) is 0 Å². The smallest absolute Gasteiger partial charge is 0.232 e. The van der Waals surface area contributed by atoms with E-state index in [2.05, 4.69) is 52.1 Å². The van der Waals surface area contributed by atoms with E-state index >= 15 is 0 Å². The van der Waals surface area contributed by atoms with Gasteiger partial charge < -0.3 is 14.8 Å². The highest BCUT2D eigenvalue weighted by Gasteiger charge is 2.28. The molecule has 4 rings (SSSR count). The Morgan fingerprint density at radius 1 is 1.22 bits per heavy atom.